The van der Waals surface area contributed by atoms with Crippen molar-refractivity contribution in [1.29, 1.82) is 0 Å². The third-order valence-electron chi connectivity index (χ3n) is 3.81. The summed E-state index contributed by atoms with van der Waals surface area (Å²) in [5, 5.41) is -0.244. The standard InChI is InChI=1S/C17H11Cl2NO3/c1-8-6-10(18)7-9(2)14(8)20-16(22)12-5-3-4-11(15(19)21)13(12)17(20)23/h3-7H,1-2H3. The summed E-state index contributed by atoms with van der Waals surface area (Å²) < 4.78 is 0. The van der Waals surface area contributed by atoms with Crippen molar-refractivity contribution in [3.63, 3.8) is 0 Å². The van der Waals surface area contributed by atoms with Crippen molar-refractivity contribution >= 4 is 45.9 Å². The maximum absolute atomic E-state index is 12.8. The van der Waals surface area contributed by atoms with E-state index in [0.29, 0.717) is 21.8 Å². The third kappa shape index (κ3) is 2.35. The molecule has 4 nitrogen and oxygen atoms in total. The lowest BCUT2D eigenvalue weighted by Crippen LogP contribution is -2.31. The van der Waals surface area contributed by atoms with Crippen LogP contribution >= 0.6 is 23.2 Å². The molecule has 0 aromatic heterocycles. The van der Waals surface area contributed by atoms with E-state index in [9.17, 15) is 14.4 Å². The van der Waals surface area contributed by atoms with E-state index in [1.54, 1.807) is 26.0 Å². The number of hydrogen-bond donors (Lipinski definition) is 0. The van der Waals surface area contributed by atoms with Crippen molar-refractivity contribution in [2.75, 3.05) is 4.90 Å². The summed E-state index contributed by atoms with van der Waals surface area (Å²) in [5.74, 6) is -1.03. The number of amides is 2. The molecule has 0 bridgehead atoms. The lowest BCUT2D eigenvalue weighted by Gasteiger charge is -2.19. The number of fused-ring (bicyclic) bond motifs is 1. The summed E-state index contributed by atoms with van der Waals surface area (Å²) in [4.78, 5) is 38.1. The van der Waals surface area contributed by atoms with Gasteiger partial charge in [0.1, 0.15) is 0 Å². The van der Waals surface area contributed by atoms with Crippen molar-refractivity contribution in [2.45, 2.75) is 13.8 Å². The van der Waals surface area contributed by atoms with Crippen molar-refractivity contribution in [2.24, 2.45) is 0 Å². The molecule has 0 saturated carbocycles. The lowest BCUT2D eigenvalue weighted by atomic mass is 10.0. The SMILES string of the molecule is Cc1cc(Cl)cc(C)c1N1C(=O)c2cccc(C(=O)Cl)c2C1=O. The molecule has 0 N–H and O–H groups in total. The number of halogens is 2. The van der Waals surface area contributed by atoms with Gasteiger partial charge in [-0.25, -0.2) is 4.90 Å². The molecule has 2 aromatic rings. The Morgan fingerprint density at radius 2 is 1.65 bits per heavy atom. The van der Waals surface area contributed by atoms with Crippen molar-refractivity contribution in [3.05, 3.63) is 63.2 Å². The highest BCUT2D eigenvalue weighted by Gasteiger charge is 2.40. The molecule has 0 fully saturated rings. The van der Waals surface area contributed by atoms with E-state index in [1.807, 2.05) is 0 Å². The van der Waals surface area contributed by atoms with Gasteiger partial charge in [0.25, 0.3) is 17.1 Å². The molecule has 2 aromatic carbocycles. The molecule has 1 heterocycles. The highest BCUT2D eigenvalue weighted by atomic mass is 35.5. The maximum atomic E-state index is 12.8. The highest BCUT2D eigenvalue weighted by Crippen LogP contribution is 2.36. The summed E-state index contributed by atoms with van der Waals surface area (Å²) >= 11 is 11.5. The van der Waals surface area contributed by atoms with Crippen LogP contribution in [-0.4, -0.2) is 17.1 Å². The molecule has 0 saturated heterocycles. The Labute approximate surface area is 142 Å². The lowest BCUT2D eigenvalue weighted by molar-refractivity contribution is 0.0922. The van der Waals surface area contributed by atoms with Crippen molar-refractivity contribution in [1.82, 2.24) is 0 Å². The van der Waals surface area contributed by atoms with Gasteiger partial charge in [0.15, 0.2) is 0 Å². The fraction of sp³-hybridized carbons (Fsp3) is 0.118. The van der Waals surface area contributed by atoms with Gasteiger partial charge in [0.05, 0.1) is 16.8 Å². The third-order valence-corrected chi connectivity index (χ3v) is 4.23. The molecule has 0 spiro atoms. The molecule has 0 aliphatic carbocycles. The minimum Gasteiger partial charge on any atom is -0.276 e. The van der Waals surface area contributed by atoms with Gasteiger partial charge in [0.2, 0.25) is 0 Å². The molecule has 0 radical (unpaired) electrons. The molecule has 6 heteroatoms. The molecule has 3 rings (SSSR count). The van der Waals surface area contributed by atoms with Crippen LogP contribution in [0.25, 0.3) is 0 Å². The predicted molar refractivity (Wildman–Crippen MR) is 88.7 cm³/mol. The van der Waals surface area contributed by atoms with E-state index in [1.165, 1.54) is 18.2 Å². The first-order valence-electron chi connectivity index (χ1n) is 6.81. The average Bonchev–Trinajstić information content (AvgIpc) is 2.71. The number of nitrogens with zero attached hydrogens (tertiary/aromatic N) is 1. The van der Waals surface area contributed by atoms with Crippen LogP contribution in [0, 0.1) is 13.8 Å². The first-order chi connectivity index (χ1) is 10.8. The average molecular weight is 348 g/mol. The number of imide groups is 1. The first kappa shape index (κ1) is 15.7. The Morgan fingerprint density at radius 3 is 2.22 bits per heavy atom. The van der Waals surface area contributed by atoms with Gasteiger partial charge in [-0.2, -0.15) is 0 Å². The molecule has 23 heavy (non-hydrogen) atoms. The summed E-state index contributed by atoms with van der Waals surface area (Å²) in [6.45, 7) is 3.54. The van der Waals surface area contributed by atoms with Gasteiger partial charge in [-0.15, -0.1) is 0 Å². The van der Waals surface area contributed by atoms with Gasteiger partial charge < -0.3 is 0 Å². The molecule has 1 aliphatic rings. The van der Waals surface area contributed by atoms with E-state index in [0.717, 1.165) is 4.90 Å². The molecule has 0 unspecified atom stereocenters. The van der Waals surface area contributed by atoms with E-state index in [2.05, 4.69) is 0 Å². The summed E-state index contributed by atoms with van der Waals surface area (Å²) in [7, 11) is 0. The molecule has 0 atom stereocenters. The predicted octanol–water partition coefficient (Wildman–Crippen LogP) is 4.14. The monoisotopic (exact) mass is 347 g/mol. The summed E-state index contributed by atoms with van der Waals surface area (Å²) in [5.41, 5.74) is 2.14. The molecular weight excluding hydrogens is 337 g/mol. The minimum atomic E-state index is -0.769. The zero-order chi connectivity index (χ0) is 16.9. The number of carbonyl (C=O) groups is 3. The van der Waals surface area contributed by atoms with Gasteiger partial charge in [-0.05, 0) is 60.8 Å². The van der Waals surface area contributed by atoms with Crippen molar-refractivity contribution in [3.8, 4) is 0 Å². The van der Waals surface area contributed by atoms with Gasteiger partial charge >= 0.3 is 0 Å². The number of rotatable bonds is 2. The number of anilines is 1. The zero-order valence-electron chi connectivity index (χ0n) is 12.3. The topological polar surface area (TPSA) is 54.5 Å². The van der Waals surface area contributed by atoms with Crippen LogP contribution in [0.2, 0.25) is 5.02 Å². The van der Waals surface area contributed by atoms with Crippen LogP contribution in [-0.2, 0) is 0 Å². The quantitative estimate of drug-likeness (QED) is 0.606. The summed E-state index contributed by atoms with van der Waals surface area (Å²) in [6, 6.07) is 7.84. The van der Waals surface area contributed by atoms with Crippen LogP contribution in [0.15, 0.2) is 30.3 Å². The van der Waals surface area contributed by atoms with Gasteiger partial charge in [-0.3, -0.25) is 14.4 Å². The van der Waals surface area contributed by atoms with Crippen LogP contribution in [0.5, 0.6) is 0 Å². The zero-order valence-corrected chi connectivity index (χ0v) is 13.8. The number of hydrogen-bond acceptors (Lipinski definition) is 3. The van der Waals surface area contributed by atoms with E-state index in [4.69, 9.17) is 23.2 Å². The second-order valence-electron chi connectivity index (χ2n) is 5.34. The maximum Gasteiger partial charge on any atom is 0.266 e. The van der Waals surface area contributed by atoms with Crippen LogP contribution < -0.4 is 4.90 Å². The minimum absolute atomic E-state index is 0.0364. The fourth-order valence-corrected chi connectivity index (χ4v) is 3.39. The van der Waals surface area contributed by atoms with Crippen molar-refractivity contribution < 1.29 is 14.4 Å². The molecule has 2 amide bonds. The second-order valence-corrected chi connectivity index (χ2v) is 6.12. The first-order valence-corrected chi connectivity index (χ1v) is 7.57. The Balaban J connectivity index is 2.23. The van der Waals surface area contributed by atoms with E-state index < -0.39 is 17.1 Å². The summed E-state index contributed by atoms with van der Waals surface area (Å²) in [6.07, 6.45) is 0. The Kier molecular flexibility index (Phi) is 3.74. The van der Waals surface area contributed by atoms with E-state index in [-0.39, 0.29) is 16.7 Å². The van der Waals surface area contributed by atoms with Crippen LogP contribution in [0.1, 0.15) is 42.2 Å². The van der Waals surface area contributed by atoms with Crippen LogP contribution in [0.4, 0.5) is 5.69 Å². The molecule has 116 valence electrons. The fourth-order valence-electron chi connectivity index (χ4n) is 2.91. The van der Waals surface area contributed by atoms with Crippen LogP contribution in [0.3, 0.4) is 0 Å². The highest BCUT2D eigenvalue weighted by molar-refractivity contribution is 6.68. The smallest absolute Gasteiger partial charge is 0.266 e. The Hall–Kier alpha value is -2.17. The molecule has 1 aliphatic heterocycles. The van der Waals surface area contributed by atoms with Gasteiger partial charge in [0, 0.05) is 10.6 Å². The Bertz CT molecular complexity index is 866. The normalized spacial score (nSPS) is 13.5. The van der Waals surface area contributed by atoms with E-state index >= 15 is 0 Å². The van der Waals surface area contributed by atoms with Gasteiger partial charge in [-0.1, -0.05) is 17.7 Å². The number of aryl methyl sites for hydroxylation is 2. The molecular formula is C17H11Cl2NO3. The number of carbonyl (C=O) groups excluding carboxylic acids is 3. The second kappa shape index (κ2) is 5.48. The Morgan fingerprint density at radius 1 is 1.04 bits per heavy atom. The number of benzene rings is 2. The largest absolute Gasteiger partial charge is 0.276 e.